The molecule has 1 aliphatic rings. The number of oxazole rings is 1. The Labute approximate surface area is 176 Å². The van der Waals surface area contributed by atoms with Crippen LogP contribution < -0.4 is 5.32 Å². The normalized spacial score (nSPS) is 17.2. The van der Waals surface area contributed by atoms with Crippen LogP contribution in [0.3, 0.4) is 0 Å². The molecule has 0 aliphatic carbocycles. The van der Waals surface area contributed by atoms with E-state index in [1.54, 1.807) is 23.5 Å². The van der Waals surface area contributed by atoms with Crippen LogP contribution in [0.4, 0.5) is 0 Å². The number of likely N-dealkylation sites (N-methyl/N-ethyl adjacent to an activating group) is 1. The maximum absolute atomic E-state index is 12.2. The van der Waals surface area contributed by atoms with E-state index in [1.807, 2.05) is 19.1 Å². The Bertz CT molecular complexity index is 776. The molecule has 1 aromatic heterocycles. The lowest BCUT2D eigenvalue weighted by Crippen LogP contribution is -2.40. The molecule has 1 atom stereocenters. The highest BCUT2D eigenvalue weighted by molar-refractivity contribution is 7.99. The molecule has 28 heavy (non-hydrogen) atoms. The summed E-state index contributed by atoms with van der Waals surface area (Å²) in [6.45, 7) is 7.08. The smallest absolute Gasteiger partial charge is 0.230 e. The Hall–Kier alpha value is -1.44. The van der Waals surface area contributed by atoms with E-state index in [2.05, 4.69) is 40.5 Å². The summed E-state index contributed by atoms with van der Waals surface area (Å²) in [7, 11) is 0. The van der Waals surface area contributed by atoms with Crippen LogP contribution in [0, 0.1) is 6.92 Å². The zero-order valence-corrected chi connectivity index (χ0v) is 18.5. The molecule has 0 saturated carbocycles. The van der Waals surface area contributed by atoms with Gasteiger partial charge in [0.2, 0.25) is 11.8 Å². The largest absolute Gasteiger partial charge is 0.441 e. The van der Waals surface area contributed by atoms with Gasteiger partial charge in [-0.15, -0.1) is 23.5 Å². The highest BCUT2D eigenvalue weighted by Crippen LogP contribution is 2.26. The van der Waals surface area contributed by atoms with E-state index in [4.69, 9.17) is 4.42 Å². The lowest BCUT2D eigenvalue weighted by Gasteiger charge is -2.22. The van der Waals surface area contributed by atoms with Crippen LogP contribution in [0.25, 0.3) is 11.5 Å². The predicted octanol–water partition coefficient (Wildman–Crippen LogP) is 4.21. The van der Waals surface area contributed by atoms with Gasteiger partial charge in [-0.3, -0.25) is 9.69 Å². The van der Waals surface area contributed by atoms with Crippen molar-refractivity contribution in [2.75, 3.05) is 31.6 Å². The van der Waals surface area contributed by atoms with Crippen molar-refractivity contribution in [3.8, 4) is 11.5 Å². The average molecular weight is 420 g/mol. The molecule has 1 saturated heterocycles. The monoisotopic (exact) mass is 419 g/mol. The minimum atomic E-state index is 0.0991. The van der Waals surface area contributed by atoms with Gasteiger partial charge < -0.3 is 9.73 Å². The number of hydrogen-bond donors (Lipinski definition) is 1. The summed E-state index contributed by atoms with van der Waals surface area (Å²) in [5.41, 5.74) is 1.89. The fourth-order valence-electron chi connectivity index (χ4n) is 3.48. The standard InChI is InChI=1S/C21H29N3O2S2/c1-4-24-11-5-6-17(24)12-22-20(25)14-28-13-19-15(2)26-21(23-19)16-7-9-18(27-3)10-8-16/h7-10,17H,4-6,11-14H2,1-3H3,(H,22,25)/t17-/m1/s1. The van der Waals surface area contributed by atoms with Crippen molar-refractivity contribution in [3.05, 3.63) is 35.7 Å². The van der Waals surface area contributed by atoms with Crippen molar-refractivity contribution < 1.29 is 9.21 Å². The summed E-state index contributed by atoms with van der Waals surface area (Å²) in [4.78, 5) is 20.5. The van der Waals surface area contributed by atoms with Crippen molar-refractivity contribution in [2.24, 2.45) is 0 Å². The molecule has 2 heterocycles. The SMILES string of the molecule is CCN1CCC[C@@H]1CNC(=O)CSCc1nc(-c2ccc(SC)cc2)oc1C. The van der Waals surface area contributed by atoms with Crippen molar-refractivity contribution in [2.45, 2.75) is 43.4 Å². The summed E-state index contributed by atoms with van der Waals surface area (Å²) in [5.74, 6) is 2.69. The second-order valence-corrected chi connectivity index (χ2v) is 8.84. The number of aryl methyl sites for hydroxylation is 1. The molecule has 0 radical (unpaired) electrons. The van der Waals surface area contributed by atoms with E-state index in [0.717, 1.165) is 36.7 Å². The third-order valence-electron chi connectivity index (χ3n) is 5.14. The number of carbonyl (C=O) groups excluding carboxylic acids is 1. The average Bonchev–Trinajstić information content (AvgIpc) is 3.32. The number of nitrogens with zero attached hydrogens (tertiary/aromatic N) is 2. The lowest BCUT2D eigenvalue weighted by molar-refractivity contribution is -0.118. The van der Waals surface area contributed by atoms with Crippen LogP contribution in [0.5, 0.6) is 0 Å². The molecular formula is C21H29N3O2S2. The van der Waals surface area contributed by atoms with Gasteiger partial charge in [-0.2, -0.15) is 0 Å². The van der Waals surface area contributed by atoms with E-state index >= 15 is 0 Å². The number of likely N-dealkylation sites (tertiary alicyclic amines) is 1. The maximum Gasteiger partial charge on any atom is 0.230 e. The van der Waals surface area contributed by atoms with Crippen molar-refractivity contribution >= 4 is 29.4 Å². The number of amides is 1. The molecule has 2 aromatic rings. The number of aromatic nitrogens is 1. The minimum Gasteiger partial charge on any atom is -0.441 e. The molecule has 3 rings (SSSR count). The highest BCUT2D eigenvalue weighted by atomic mass is 32.2. The topological polar surface area (TPSA) is 58.4 Å². The first kappa shape index (κ1) is 21.3. The van der Waals surface area contributed by atoms with Crippen LogP contribution in [0.15, 0.2) is 33.6 Å². The first-order valence-corrected chi connectivity index (χ1v) is 12.2. The fraction of sp³-hybridized carbons (Fsp3) is 0.524. The van der Waals surface area contributed by atoms with Gasteiger partial charge >= 0.3 is 0 Å². The molecule has 1 N–H and O–H groups in total. The maximum atomic E-state index is 12.2. The Morgan fingerprint density at radius 2 is 2.14 bits per heavy atom. The number of rotatable bonds is 9. The first-order chi connectivity index (χ1) is 13.6. The second-order valence-electron chi connectivity index (χ2n) is 6.97. The predicted molar refractivity (Wildman–Crippen MR) is 118 cm³/mol. The minimum absolute atomic E-state index is 0.0991. The van der Waals surface area contributed by atoms with Crippen LogP contribution in [-0.2, 0) is 10.5 Å². The molecule has 1 amide bonds. The third kappa shape index (κ3) is 5.55. The molecule has 0 spiro atoms. The quantitative estimate of drug-likeness (QED) is 0.615. The van der Waals surface area contributed by atoms with Crippen LogP contribution in [0.1, 0.15) is 31.2 Å². The molecular weight excluding hydrogens is 390 g/mol. The van der Waals surface area contributed by atoms with Crippen molar-refractivity contribution in [1.82, 2.24) is 15.2 Å². The molecule has 1 aromatic carbocycles. The van der Waals surface area contributed by atoms with Crippen LogP contribution >= 0.6 is 23.5 Å². The number of hydrogen-bond acceptors (Lipinski definition) is 6. The molecule has 1 fully saturated rings. The number of benzene rings is 1. The number of carbonyl (C=O) groups is 1. The molecule has 0 bridgehead atoms. The van der Waals surface area contributed by atoms with Gasteiger partial charge in [-0.05, 0) is 63.4 Å². The Morgan fingerprint density at radius 3 is 2.86 bits per heavy atom. The highest BCUT2D eigenvalue weighted by Gasteiger charge is 2.23. The molecule has 0 unspecified atom stereocenters. The Balaban J connectivity index is 1.45. The molecule has 1 aliphatic heterocycles. The number of thioether (sulfide) groups is 2. The van der Waals surface area contributed by atoms with E-state index in [-0.39, 0.29) is 5.91 Å². The van der Waals surface area contributed by atoms with Gasteiger partial charge in [0.05, 0.1) is 11.4 Å². The van der Waals surface area contributed by atoms with Gasteiger partial charge in [-0.25, -0.2) is 4.98 Å². The Morgan fingerprint density at radius 1 is 1.36 bits per heavy atom. The fourth-order valence-corrected chi connectivity index (χ4v) is 4.74. The molecule has 5 nitrogen and oxygen atoms in total. The van der Waals surface area contributed by atoms with Crippen molar-refractivity contribution in [1.29, 1.82) is 0 Å². The summed E-state index contributed by atoms with van der Waals surface area (Å²) in [6, 6.07) is 8.70. The second kappa shape index (κ2) is 10.4. The summed E-state index contributed by atoms with van der Waals surface area (Å²) < 4.78 is 5.83. The third-order valence-corrected chi connectivity index (χ3v) is 6.83. The lowest BCUT2D eigenvalue weighted by atomic mass is 10.2. The molecule has 152 valence electrons. The Kier molecular flexibility index (Phi) is 7.88. The van der Waals surface area contributed by atoms with E-state index < -0.39 is 0 Å². The van der Waals surface area contributed by atoms with Gasteiger partial charge in [-0.1, -0.05) is 6.92 Å². The van der Waals surface area contributed by atoms with Crippen LogP contribution in [-0.4, -0.2) is 53.5 Å². The van der Waals surface area contributed by atoms with Crippen molar-refractivity contribution in [3.63, 3.8) is 0 Å². The van der Waals surface area contributed by atoms with Gasteiger partial charge in [0.1, 0.15) is 5.76 Å². The zero-order chi connectivity index (χ0) is 19.9. The van der Waals surface area contributed by atoms with Gasteiger partial charge in [0, 0.05) is 28.8 Å². The number of nitrogens with one attached hydrogen (secondary N) is 1. The van der Waals surface area contributed by atoms with E-state index in [1.165, 1.54) is 17.7 Å². The van der Waals surface area contributed by atoms with E-state index in [9.17, 15) is 4.79 Å². The van der Waals surface area contributed by atoms with Gasteiger partial charge in [0.15, 0.2) is 0 Å². The summed E-state index contributed by atoms with van der Waals surface area (Å²) in [6.07, 6.45) is 4.47. The van der Waals surface area contributed by atoms with Crippen LogP contribution in [0.2, 0.25) is 0 Å². The molecule has 7 heteroatoms. The van der Waals surface area contributed by atoms with E-state index in [0.29, 0.717) is 23.4 Å². The zero-order valence-electron chi connectivity index (χ0n) is 16.9. The van der Waals surface area contributed by atoms with Gasteiger partial charge in [0.25, 0.3) is 0 Å². The first-order valence-electron chi connectivity index (χ1n) is 9.80. The summed E-state index contributed by atoms with van der Waals surface area (Å²) >= 11 is 3.29. The summed E-state index contributed by atoms with van der Waals surface area (Å²) in [5, 5.41) is 3.08.